The number of alkyl halides is 3. The highest BCUT2D eigenvalue weighted by atomic mass is 35.5. The number of carbonyl (C=O) groups is 1. The molecule has 1 amide bonds. The van der Waals surface area contributed by atoms with Crippen LogP contribution in [0, 0.1) is 5.92 Å². The molecule has 0 aliphatic heterocycles. The monoisotopic (exact) mass is 423 g/mol. The summed E-state index contributed by atoms with van der Waals surface area (Å²) in [6.45, 7) is 3.21. The fraction of sp³-hybridized carbons (Fsp3) is 0.429. The molecule has 2 atom stereocenters. The van der Waals surface area contributed by atoms with Crippen LogP contribution in [0.3, 0.4) is 0 Å². The fourth-order valence-corrected chi connectivity index (χ4v) is 4.02. The molecular weight excluding hydrogens is 403 g/mol. The van der Waals surface area contributed by atoms with Crippen LogP contribution in [0.5, 0.6) is 0 Å². The van der Waals surface area contributed by atoms with E-state index in [1.165, 1.54) is 0 Å². The van der Waals surface area contributed by atoms with Gasteiger partial charge >= 0.3 is 6.18 Å². The van der Waals surface area contributed by atoms with Crippen molar-refractivity contribution in [3.8, 4) is 0 Å². The number of anilines is 1. The summed E-state index contributed by atoms with van der Waals surface area (Å²) < 4.78 is 39.9. The lowest BCUT2D eigenvalue weighted by Gasteiger charge is -2.18. The molecule has 4 rings (SSSR count). The first-order valence-corrected chi connectivity index (χ1v) is 10.0. The number of fused-ring (bicyclic) bond motifs is 1. The zero-order valence-electron chi connectivity index (χ0n) is 15.7. The van der Waals surface area contributed by atoms with Gasteiger partial charge in [0.25, 0.3) is 0 Å². The fourth-order valence-electron chi connectivity index (χ4n) is 3.80. The summed E-state index contributed by atoms with van der Waals surface area (Å²) in [4.78, 5) is 16.2. The third-order valence-corrected chi connectivity index (χ3v) is 5.86. The molecule has 2 aliphatic carbocycles. The number of pyridine rings is 1. The predicted molar refractivity (Wildman–Crippen MR) is 108 cm³/mol. The topological polar surface area (TPSA) is 54.0 Å². The van der Waals surface area contributed by atoms with Crippen molar-refractivity contribution in [1.82, 2.24) is 10.3 Å². The van der Waals surface area contributed by atoms with Crippen LogP contribution in [-0.2, 0) is 4.79 Å². The number of hydrogen-bond donors (Lipinski definition) is 2. The summed E-state index contributed by atoms with van der Waals surface area (Å²) in [7, 11) is 0. The molecule has 2 aliphatic rings. The number of carbonyl (C=O) groups excluding carboxylic acids is 1. The van der Waals surface area contributed by atoms with Crippen molar-refractivity contribution in [3.63, 3.8) is 0 Å². The smallest absolute Gasteiger partial charge is 0.367 e. The van der Waals surface area contributed by atoms with Crippen molar-refractivity contribution < 1.29 is 18.0 Å². The van der Waals surface area contributed by atoms with Crippen molar-refractivity contribution in [3.05, 3.63) is 41.6 Å². The minimum atomic E-state index is -4.59. The second-order valence-electron chi connectivity index (χ2n) is 7.80. The molecule has 29 heavy (non-hydrogen) atoms. The summed E-state index contributed by atoms with van der Waals surface area (Å²) in [5.41, 5.74) is -1.23. The van der Waals surface area contributed by atoms with Gasteiger partial charge in [0.15, 0.2) is 0 Å². The van der Waals surface area contributed by atoms with E-state index in [-0.39, 0.29) is 29.6 Å². The first-order chi connectivity index (χ1) is 13.7. The molecule has 0 unspecified atom stereocenters. The number of amides is 1. The third kappa shape index (κ3) is 4.34. The Labute approximate surface area is 171 Å². The SMILES string of the molecule is C=C(c1nc(N[C@@H]2CC[C@H](NC(=O)C3CC3)C2)cc2c(Cl)cccc12)C(F)(F)F. The van der Waals surface area contributed by atoms with Crippen LogP contribution in [0.25, 0.3) is 16.3 Å². The van der Waals surface area contributed by atoms with Crippen LogP contribution in [0.1, 0.15) is 37.8 Å². The van der Waals surface area contributed by atoms with Crippen molar-refractivity contribution >= 4 is 39.7 Å². The molecular formula is C21H21ClF3N3O. The second-order valence-corrected chi connectivity index (χ2v) is 8.21. The molecule has 1 aromatic heterocycles. The molecule has 0 saturated heterocycles. The van der Waals surface area contributed by atoms with Gasteiger partial charge in [-0.15, -0.1) is 0 Å². The highest BCUT2D eigenvalue weighted by molar-refractivity contribution is 6.35. The maximum atomic E-state index is 13.3. The molecule has 0 radical (unpaired) electrons. The van der Waals surface area contributed by atoms with E-state index in [1.54, 1.807) is 24.3 Å². The van der Waals surface area contributed by atoms with E-state index in [2.05, 4.69) is 22.2 Å². The average Bonchev–Trinajstić information content (AvgIpc) is 3.42. The summed E-state index contributed by atoms with van der Waals surface area (Å²) >= 11 is 6.24. The number of nitrogens with zero attached hydrogens (tertiary/aromatic N) is 1. The Bertz CT molecular complexity index is 972. The maximum absolute atomic E-state index is 13.3. The number of aromatic nitrogens is 1. The second kappa shape index (κ2) is 7.52. The van der Waals surface area contributed by atoms with Crippen molar-refractivity contribution in [1.29, 1.82) is 0 Å². The molecule has 2 aromatic rings. The van der Waals surface area contributed by atoms with Gasteiger partial charge in [-0.25, -0.2) is 4.98 Å². The molecule has 2 saturated carbocycles. The number of rotatable bonds is 5. The standard InChI is InChI=1S/C21H21ClF3N3O/c1-11(21(23,24)25)19-15-3-2-4-17(22)16(15)10-18(28-19)26-13-7-8-14(9-13)27-20(29)12-5-6-12/h2-4,10,12-14H,1,5-9H2,(H,26,28)(H,27,29)/t13-,14+/m1/s1. The van der Waals surface area contributed by atoms with E-state index < -0.39 is 11.7 Å². The van der Waals surface area contributed by atoms with E-state index in [4.69, 9.17) is 11.6 Å². The molecule has 154 valence electrons. The molecule has 2 fully saturated rings. The zero-order chi connectivity index (χ0) is 20.8. The van der Waals surface area contributed by atoms with E-state index in [9.17, 15) is 18.0 Å². The molecule has 0 bridgehead atoms. The van der Waals surface area contributed by atoms with Crippen molar-refractivity contribution in [2.45, 2.75) is 50.4 Å². The lowest BCUT2D eigenvalue weighted by atomic mass is 10.0. The number of nitrogens with one attached hydrogen (secondary N) is 2. The van der Waals surface area contributed by atoms with Crippen LogP contribution in [0.2, 0.25) is 5.02 Å². The normalized spacial score (nSPS) is 21.9. The van der Waals surface area contributed by atoms with Gasteiger partial charge in [0.1, 0.15) is 5.82 Å². The first kappa shape index (κ1) is 20.0. The Morgan fingerprint density at radius 3 is 2.55 bits per heavy atom. The average molecular weight is 424 g/mol. The van der Waals surface area contributed by atoms with Gasteiger partial charge in [-0.2, -0.15) is 13.2 Å². The van der Waals surface area contributed by atoms with E-state index >= 15 is 0 Å². The van der Waals surface area contributed by atoms with Gasteiger partial charge < -0.3 is 10.6 Å². The minimum absolute atomic E-state index is 0.0129. The van der Waals surface area contributed by atoms with Gasteiger partial charge in [0.2, 0.25) is 5.91 Å². The summed E-state index contributed by atoms with van der Waals surface area (Å²) in [6, 6.07) is 6.54. The number of halogens is 4. The first-order valence-electron chi connectivity index (χ1n) is 9.65. The predicted octanol–water partition coefficient (Wildman–Crippen LogP) is 5.32. The minimum Gasteiger partial charge on any atom is -0.367 e. The Kier molecular flexibility index (Phi) is 5.19. The molecule has 1 aromatic carbocycles. The van der Waals surface area contributed by atoms with Crippen molar-refractivity contribution in [2.75, 3.05) is 5.32 Å². The third-order valence-electron chi connectivity index (χ3n) is 5.53. The maximum Gasteiger partial charge on any atom is 0.417 e. The van der Waals surface area contributed by atoms with Gasteiger partial charge in [0, 0.05) is 33.8 Å². The molecule has 1 heterocycles. The molecule has 0 spiro atoms. The molecule has 2 N–H and O–H groups in total. The van der Waals surface area contributed by atoms with Gasteiger partial charge in [-0.05, 0) is 44.2 Å². The number of benzene rings is 1. The Balaban J connectivity index is 1.57. The van der Waals surface area contributed by atoms with Crippen LogP contribution in [-0.4, -0.2) is 29.2 Å². The molecule has 4 nitrogen and oxygen atoms in total. The van der Waals surface area contributed by atoms with Crippen LogP contribution < -0.4 is 10.6 Å². The van der Waals surface area contributed by atoms with Crippen LogP contribution in [0.4, 0.5) is 19.0 Å². The highest BCUT2D eigenvalue weighted by Gasteiger charge is 2.36. The summed E-state index contributed by atoms with van der Waals surface area (Å²) in [5, 5.41) is 7.44. The van der Waals surface area contributed by atoms with Gasteiger partial charge in [0.05, 0.1) is 11.3 Å². The van der Waals surface area contributed by atoms with Crippen molar-refractivity contribution in [2.24, 2.45) is 5.92 Å². The number of hydrogen-bond acceptors (Lipinski definition) is 3. The molecule has 8 heteroatoms. The van der Waals surface area contributed by atoms with Gasteiger partial charge in [-0.1, -0.05) is 30.3 Å². The van der Waals surface area contributed by atoms with Crippen LogP contribution >= 0.6 is 11.6 Å². The van der Waals surface area contributed by atoms with E-state index in [1.807, 2.05) is 0 Å². The Morgan fingerprint density at radius 1 is 1.14 bits per heavy atom. The summed E-state index contributed by atoms with van der Waals surface area (Å²) in [6.07, 6.45) is -0.357. The quantitative estimate of drug-likeness (QED) is 0.684. The Hall–Kier alpha value is -2.28. The highest BCUT2D eigenvalue weighted by Crippen LogP contribution is 2.38. The summed E-state index contributed by atoms with van der Waals surface area (Å²) in [5.74, 6) is 0.586. The lowest BCUT2D eigenvalue weighted by Crippen LogP contribution is -2.34. The Morgan fingerprint density at radius 2 is 1.86 bits per heavy atom. The largest absolute Gasteiger partial charge is 0.417 e. The van der Waals surface area contributed by atoms with E-state index in [0.717, 1.165) is 25.7 Å². The zero-order valence-corrected chi connectivity index (χ0v) is 16.4. The van der Waals surface area contributed by atoms with Gasteiger partial charge in [-0.3, -0.25) is 4.79 Å². The number of allylic oxidation sites excluding steroid dienone is 1. The lowest BCUT2D eigenvalue weighted by molar-refractivity contribution is -0.122. The van der Waals surface area contributed by atoms with Crippen LogP contribution in [0.15, 0.2) is 30.8 Å². The van der Waals surface area contributed by atoms with E-state index in [0.29, 0.717) is 28.0 Å².